The average Bonchev–Trinajstić information content (AvgIpc) is 2.80. The maximum Gasteiger partial charge on any atom is 0.573 e. The number of alkyl halides is 3. The lowest BCUT2D eigenvalue weighted by Gasteiger charge is -2.38. The van der Waals surface area contributed by atoms with Crippen molar-refractivity contribution in [1.29, 1.82) is 0 Å². The quantitative estimate of drug-likeness (QED) is 0.236. The number of allylic oxidation sites excluding steroid dienone is 2. The van der Waals surface area contributed by atoms with Gasteiger partial charge in [-0.1, -0.05) is 51.2 Å². The molecule has 0 N–H and O–H groups in total. The van der Waals surface area contributed by atoms with Crippen LogP contribution in [0.5, 0.6) is 5.75 Å². The van der Waals surface area contributed by atoms with Crippen molar-refractivity contribution in [2.45, 2.75) is 103 Å². The molecule has 192 valence electrons. The van der Waals surface area contributed by atoms with Gasteiger partial charge in [-0.2, -0.15) is 0 Å². The minimum Gasteiger partial charge on any atom is -0.399 e. The molecule has 0 spiro atoms. The molecule has 0 aliphatic heterocycles. The van der Waals surface area contributed by atoms with E-state index in [9.17, 15) is 22.0 Å². The van der Waals surface area contributed by atoms with Crippen LogP contribution in [-0.2, 0) is 6.42 Å². The van der Waals surface area contributed by atoms with Gasteiger partial charge in [0.2, 0.25) is 5.75 Å². The molecule has 1 aromatic carbocycles. The second-order valence-electron chi connectivity index (χ2n) is 10.4. The zero-order valence-corrected chi connectivity index (χ0v) is 20.3. The van der Waals surface area contributed by atoms with E-state index in [1.54, 1.807) is 0 Å². The van der Waals surface area contributed by atoms with Gasteiger partial charge in [-0.05, 0) is 99.2 Å². The molecule has 6 heteroatoms. The average molecular weight is 487 g/mol. The van der Waals surface area contributed by atoms with E-state index in [1.165, 1.54) is 64.2 Å². The fourth-order valence-electron chi connectivity index (χ4n) is 5.97. The highest BCUT2D eigenvalue weighted by Crippen LogP contribution is 2.43. The van der Waals surface area contributed by atoms with E-state index < -0.39 is 23.7 Å². The van der Waals surface area contributed by atoms with E-state index in [0.29, 0.717) is 17.9 Å². The second kappa shape index (κ2) is 12.9. The fourth-order valence-corrected chi connectivity index (χ4v) is 5.97. The Labute approximate surface area is 201 Å². The highest BCUT2D eigenvalue weighted by atomic mass is 19.4. The third-order valence-corrected chi connectivity index (χ3v) is 7.93. The number of hydrogen-bond donors (Lipinski definition) is 0. The molecular formula is C28H39F5O. The van der Waals surface area contributed by atoms with Crippen LogP contribution in [0.1, 0.15) is 96.0 Å². The molecule has 0 amide bonds. The summed E-state index contributed by atoms with van der Waals surface area (Å²) in [5.41, 5.74) is 0.384. The van der Waals surface area contributed by atoms with Crippen LogP contribution >= 0.6 is 0 Å². The van der Waals surface area contributed by atoms with Gasteiger partial charge in [0.1, 0.15) is 0 Å². The number of rotatable bonds is 10. The Morgan fingerprint density at radius 3 is 1.79 bits per heavy atom. The van der Waals surface area contributed by atoms with Gasteiger partial charge in [-0.25, -0.2) is 8.78 Å². The Hall–Kier alpha value is -1.59. The largest absolute Gasteiger partial charge is 0.573 e. The highest BCUT2D eigenvalue weighted by Gasteiger charge is 2.34. The molecule has 0 atom stereocenters. The van der Waals surface area contributed by atoms with Crippen LogP contribution in [0.15, 0.2) is 24.3 Å². The predicted molar refractivity (Wildman–Crippen MR) is 126 cm³/mol. The first-order valence-corrected chi connectivity index (χ1v) is 13.1. The molecule has 0 radical (unpaired) electrons. The van der Waals surface area contributed by atoms with Crippen LogP contribution in [0.4, 0.5) is 22.0 Å². The molecule has 1 aromatic rings. The SMILES string of the molecule is CCC/C=C/CCC1CCC(C2CCC(CCc3cc(F)c(OC(F)(F)F)c(F)c3)CC2)CC1. The first-order valence-electron chi connectivity index (χ1n) is 13.1. The Balaban J connectivity index is 1.37. The van der Waals surface area contributed by atoms with Crippen LogP contribution < -0.4 is 4.74 Å². The van der Waals surface area contributed by atoms with Crippen molar-refractivity contribution < 1.29 is 26.7 Å². The minimum atomic E-state index is -5.12. The number of ether oxygens (including phenoxy) is 1. The summed E-state index contributed by atoms with van der Waals surface area (Å²) < 4.78 is 68.3. The zero-order valence-electron chi connectivity index (χ0n) is 20.3. The van der Waals surface area contributed by atoms with Crippen LogP contribution in [0, 0.1) is 35.3 Å². The Bertz CT molecular complexity index is 748. The number of unbranched alkanes of at least 4 members (excludes halogenated alkanes) is 1. The van der Waals surface area contributed by atoms with E-state index in [0.717, 1.165) is 49.1 Å². The number of halogens is 5. The molecule has 1 nitrogen and oxygen atoms in total. The fraction of sp³-hybridized carbons (Fsp3) is 0.714. The summed E-state index contributed by atoms with van der Waals surface area (Å²) in [4.78, 5) is 0. The van der Waals surface area contributed by atoms with Crippen molar-refractivity contribution in [3.8, 4) is 5.75 Å². The van der Waals surface area contributed by atoms with Crippen molar-refractivity contribution in [3.05, 3.63) is 41.5 Å². The van der Waals surface area contributed by atoms with E-state index >= 15 is 0 Å². The smallest absolute Gasteiger partial charge is 0.399 e. The lowest BCUT2D eigenvalue weighted by molar-refractivity contribution is -0.276. The molecule has 2 fully saturated rings. The molecule has 0 heterocycles. The Morgan fingerprint density at radius 2 is 1.29 bits per heavy atom. The lowest BCUT2D eigenvalue weighted by Crippen LogP contribution is -2.26. The molecule has 0 unspecified atom stereocenters. The van der Waals surface area contributed by atoms with Gasteiger partial charge in [-0.15, -0.1) is 13.2 Å². The van der Waals surface area contributed by atoms with Gasteiger partial charge in [-0.3, -0.25) is 0 Å². The van der Waals surface area contributed by atoms with Gasteiger partial charge in [0.05, 0.1) is 0 Å². The summed E-state index contributed by atoms with van der Waals surface area (Å²) in [7, 11) is 0. The van der Waals surface area contributed by atoms with E-state index in [-0.39, 0.29) is 0 Å². The van der Waals surface area contributed by atoms with Crippen LogP contribution in [0.2, 0.25) is 0 Å². The maximum atomic E-state index is 13.9. The van der Waals surface area contributed by atoms with E-state index in [4.69, 9.17) is 0 Å². The summed E-state index contributed by atoms with van der Waals surface area (Å²) in [5, 5.41) is 0. The Morgan fingerprint density at radius 1 is 0.794 bits per heavy atom. The summed E-state index contributed by atoms with van der Waals surface area (Å²) in [6.45, 7) is 2.21. The minimum absolute atomic E-state index is 0.384. The lowest BCUT2D eigenvalue weighted by atomic mass is 9.68. The molecule has 0 aromatic heterocycles. The summed E-state index contributed by atoms with van der Waals surface area (Å²) in [6.07, 6.45) is 15.9. The third-order valence-electron chi connectivity index (χ3n) is 7.93. The van der Waals surface area contributed by atoms with Gasteiger partial charge in [0.25, 0.3) is 0 Å². The molecule has 0 bridgehead atoms. The first-order chi connectivity index (χ1) is 16.2. The Kier molecular flexibility index (Phi) is 10.3. The van der Waals surface area contributed by atoms with E-state index in [1.807, 2.05) is 0 Å². The monoisotopic (exact) mass is 486 g/mol. The molecule has 3 rings (SSSR count). The van der Waals surface area contributed by atoms with Crippen molar-refractivity contribution in [3.63, 3.8) is 0 Å². The zero-order chi connectivity index (χ0) is 24.6. The second-order valence-corrected chi connectivity index (χ2v) is 10.4. The third kappa shape index (κ3) is 8.57. The molecule has 0 saturated heterocycles. The van der Waals surface area contributed by atoms with Crippen LogP contribution in [0.25, 0.3) is 0 Å². The van der Waals surface area contributed by atoms with Crippen LogP contribution in [-0.4, -0.2) is 6.36 Å². The van der Waals surface area contributed by atoms with E-state index in [2.05, 4.69) is 23.8 Å². The summed E-state index contributed by atoms with van der Waals surface area (Å²) >= 11 is 0. The van der Waals surface area contributed by atoms with Gasteiger partial charge >= 0.3 is 6.36 Å². The number of benzene rings is 1. The van der Waals surface area contributed by atoms with Crippen molar-refractivity contribution in [1.82, 2.24) is 0 Å². The summed E-state index contributed by atoms with van der Waals surface area (Å²) in [5.74, 6) is -0.938. The van der Waals surface area contributed by atoms with Gasteiger partial charge in [0, 0.05) is 0 Å². The topological polar surface area (TPSA) is 9.23 Å². The standard InChI is InChI=1S/C28H39F5O/c1-2-3-4-5-6-7-20-10-14-23(15-11-20)24-16-12-21(13-17-24)8-9-22-18-25(29)27(26(30)19-22)34-28(31,32)33/h4-5,18-21,23-24H,2-3,6-17H2,1H3/b5-4+. The normalized spacial score (nSPS) is 26.2. The summed E-state index contributed by atoms with van der Waals surface area (Å²) in [6, 6.07) is 1.93. The molecule has 34 heavy (non-hydrogen) atoms. The number of aryl methyl sites for hydroxylation is 1. The molecular weight excluding hydrogens is 447 g/mol. The van der Waals surface area contributed by atoms with Crippen molar-refractivity contribution in [2.75, 3.05) is 0 Å². The van der Waals surface area contributed by atoms with Crippen molar-refractivity contribution in [2.24, 2.45) is 23.7 Å². The number of hydrogen-bond acceptors (Lipinski definition) is 1. The highest BCUT2D eigenvalue weighted by molar-refractivity contribution is 5.31. The molecule has 2 aliphatic carbocycles. The van der Waals surface area contributed by atoms with Gasteiger partial charge in [0.15, 0.2) is 11.6 Å². The molecule has 2 saturated carbocycles. The predicted octanol–water partition coefficient (Wildman–Crippen LogP) is 9.55. The van der Waals surface area contributed by atoms with Crippen molar-refractivity contribution >= 4 is 0 Å². The first kappa shape index (κ1) is 27.0. The maximum absolute atomic E-state index is 13.9. The van der Waals surface area contributed by atoms with Gasteiger partial charge < -0.3 is 4.74 Å². The van der Waals surface area contributed by atoms with Crippen LogP contribution in [0.3, 0.4) is 0 Å². The molecule has 2 aliphatic rings.